The maximum absolute atomic E-state index is 15.3. The van der Waals surface area contributed by atoms with Gasteiger partial charge in [0.15, 0.2) is 26.3 Å². The van der Waals surface area contributed by atoms with Gasteiger partial charge in [-0.15, -0.1) is 6.42 Å². The molecular weight excluding hydrogens is 378 g/mol. The molecule has 0 spiro atoms. The second-order valence-corrected chi connectivity index (χ2v) is 12.8. The highest BCUT2D eigenvalue weighted by atomic mass is 28.4. The lowest BCUT2D eigenvalue weighted by Gasteiger charge is -2.41. The zero-order valence-corrected chi connectivity index (χ0v) is 16.9. The van der Waals surface area contributed by atoms with Crippen molar-refractivity contribution in [2.24, 2.45) is 0 Å². The fraction of sp³-hybridized carbons (Fsp3) is 0.647. The summed E-state index contributed by atoms with van der Waals surface area (Å²) in [5.41, 5.74) is -4.15. The van der Waals surface area contributed by atoms with E-state index in [0.29, 0.717) is 10.8 Å². The van der Waals surface area contributed by atoms with Crippen LogP contribution in [0.1, 0.15) is 27.0 Å². The van der Waals surface area contributed by atoms with Gasteiger partial charge in [0.1, 0.15) is 6.10 Å². The maximum Gasteiger partial charge on any atom is 0.330 e. The first-order chi connectivity index (χ1) is 12.3. The molecular formula is C17H24F2N2O5Si. The fourth-order valence-corrected chi connectivity index (χ4v) is 3.87. The maximum atomic E-state index is 15.3. The van der Waals surface area contributed by atoms with Crippen LogP contribution >= 0.6 is 0 Å². The molecule has 4 atom stereocenters. The zero-order chi connectivity index (χ0) is 20.8. The van der Waals surface area contributed by atoms with Gasteiger partial charge in [0.05, 0.1) is 12.8 Å². The van der Waals surface area contributed by atoms with E-state index >= 15 is 4.39 Å². The Morgan fingerprint density at radius 3 is 2.56 bits per heavy atom. The monoisotopic (exact) mass is 402 g/mol. The third kappa shape index (κ3) is 3.64. The number of H-pyrrole nitrogens is 1. The van der Waals surface area contributed by atoms with E-state index in [2.05, 4.69) is 5.92 Å². The summed E-state index contributed by atoms with van der Waals surface area (Å²) in [6.45, 7) is 8.81. The standard InChI is InChI=1S/C17H24F2N2O5Si/c1-7-17(9-22)12(26-27(5,6)16(2,3)4)11(19)14(25-17)21-8-10(18)13(23)20-15(21)24/h1,8,11-12,14,22H,9H2,2-6H3,(H,20,23,24)/t11-,12-,14+,17+/m0/s1. The number of aliphatic hydroxyl groups is 1. The molecule has 1 saturated heterocycles. The molecule has 0 radical (unpaired) electrons. The van der Waals surface area contributed by atoms with E-state index in [1.165, 1.54) is 0 Å². The number of aromatic amines is 1. The second-order valence-electron chi connectivity index (χ2n) is 8.09. The first kappa shape index (κ1) is 21.5. The van der Waals surface area contributed by atoms with Gasteiger partial charge in [-0.1, -0.05) is 26.7 Å². The van der Waals surface area contributed by atoms with Gasteiger partial charge in [-0.05, 0) is 18.1 Å². The average molecular weight is 402 g/mol. The molecule has 1 aromatic rings. The molecule has 1 fully saturated rings. The molecule has 2 heterocycles. The molecule has 2 rings (SSSR count). The lowest BCUT2D eigenvalue weighted by molar-refractivity contribution is -0.0905. The number of aromatic nitrogens is 2. The first-order valence-electron chi connectivity index (χ1n) is 8.39. The highest BCUT2D eigenvalue weighted by Crippen LogP contribution is 2.45. The Morgan fingerprint density at radius 2 is 2.07 bits per heavy atom. The predicted molar refractivity (Wildman–Crippen MR) is 97.0 cm³/mol. The zero-order valence-electron chi connectivity index (χ0n) is 15.9. The number of hydrogen-bond donors (Lipinski definition) is 2. The molecule has 2 N–H and O–H groups in total. The van der Waals surface area contributed by atoms with Gasteiger partial charge in [-0.25, -0.2) is 9.18 Å². The van der Waals surface area contributed by atoms with Crippen LogP contribution in [-0.4, -0.2) is 47.5 Å². The Morgan fingerprint density at radius 1 is 1.48 bits per heavy atom. The lowest BCUT2D eigenvalue weighted by Crippen LogP contribution is -2.54. The summed E-state index contributed by atoms with van der Waals surface area (Å²) in [5, 5.41) is 9.53. The van der Waals surface area contributed by atoms with Gasteiger partial charge in [-0.3, -0.25) is 14.3 Å². The number of hydrogen-bond acceptors (Lipinski definition) is 5. The Kier molecular flexibility index (Phi) is 5.56. The summed E-state index contributed by atoms with van der Waals surface area (Å²) < 4.78 is 41.1. The Balaban J connectivity index is 2.53. The molecule has 7 nitrogen and oxygen atoms in total. The van der Waals surface area contributed by atoms with Crippen molar-refractivity contribution in [3.63, 3.8) is 0 Å². The summed E-state index contributed by atoms with van der Waals surface area (Å²) in [6.07, 6.45) is 1.03. The topological polar surface area (TPSA) is 93.5 Å². The van der Waals surface area contributed by atoms with Gasteiger partial charge in [-0.2, -0.15) is 4.39 Å². The van der Waals surface area contributed by atoms with Crippen molar-refractivity contribution in [2.45, 2.75) is 63.0 Å². The largest absolute Gasteiger partial charge is 0.407 e. The number of aliphatic hydroxyl groups excluding tert-OH is 1. The molecule has 27 heavy (non-hydrogen) atoms. The van der Waals surface area contributed by atoms with Gasteiger partial charge in [0, 0.05) is 0 Å². The number of ether oxygens (including phenoxy) is 1. The summed E-state index contributed by atoms with van der Waals surface area (Å²) in [5.74, 6) is 0.948. The highest BCUT2D eigenvalue weighted by molar-refractivity contribution is 6.74. The molecule has 150 valence electrons. The smallest absolute Gasteiger partial charge is 0.330 e. The number of terminal acetylenes is 1. The Hall–Kier alpha value is -1.80. The lowest BCUT2D eigenvalue weighted by atomic mass is 9.98. The van der Waals surface area contributed by atoms with Crippen LogP contribution in [0.5, 0.6) is 0 Å². The highest BCUT2D eigenvalue weighted by Gasteiger charge is 2.59. The van der Waals surface area contributed by atoms with Crippen LogP contribution in [0.15, 0.2) is 15.8 Å². The van der Waals surface area contributed by atoms with Crippen LogP contribution in [0.3, 0.4) is 0 Å². The third-order valence-corrected chi connectivity index (χ3v) is 9.71. The fourth-order valence-electron chi connectivity index (χ4n) is 2.56. The number of alkyl halides is 1. The first-order valence-corrected chi connectivity index (χ1v) is 11.3. The van der Waals surface area contributed by atoms with Crippen LogP contribution in [0.4, 0.5) is 8.78 Å². The molecule has 10 heteroatoms. The van der Waals surface area contributed by atoms with Crippen molar-refractivity contribution in [1.29, 1.82) is 0 Å². The van der Waals surface area contributed by atoms with Crippen molar-refractivity contribution in [1.82, 2.24) is 9.55 Å². The minimum Gasteiger partial charge on any atom is -0.407 e. The summed E-state index contributed by atoms with van der Waals surface area (Å²) in [7, 11) is -2.54. The number of nitrogens with zero attached hydrogens (tertiary/aromatic N) is 1. The van der Waals surface area contributed by atoms with Crippen LogP contribution < -0.4 is 11.2 Å². The predicted octanol–water partition coefficient (Wildman–Crippen LogP) is 1.30. The normalized spacial score (nSPS) is 28.9. The molecule has 1 aliphatic heterocycles. The van der Waals surface area contributed by atoms with E-state index in [4.69, 9.17) is 15.6 Å². The molecule has 0 aromatic carbocycles. The van der Waals surface area contributed by atoms with Gasteiger partial charge >= 0.3 is 5.69 Å². The van der Waals surface area contributed by atoms with E-state index in [1.54, 1.807) is 4.98 Å². The van der Waals surface area contributed by atoms with Crippen molar-refractivity contribution in [3.05, 3.63) is 32.9 Å². The molecule has 1 aliphatic rings. The third-order valence-electron chi connectivity index (χ3n) is 5.26. The SMILES string of the molecule is C#C[C@]1(CO)O[C@@H](n2cc(F)c(=O)[nH]c2=O)[C@@H](F)[C@@H]1O[Si](C)(C)C(C)(C)C. The summed E-state index contributed by atoms with van der Waals surface area (Å²) >= 11 is 0. The van der Waals surface area contributed by atoms with E-state index in [9.17, 15) is 19.1 Å². The molecule has 0 amide bonds. The van der Waals surface area contributed by atoms with Crippen molar-refractivity contribution >= 4 is 8.32 Å². The quantitative estimate of drug-likeness (QED) is 0.585. The number of nitrogens with one attached hydrogen (secondary N) is 1. The van der Waals surface area contributed by atoms with Gasteiger partial charge < -0.3 is 14.3 Å². The van der Waals surface area contributed by atoms with E-state index in [-0.39, 0.29) is 5.04 Å². The van der Waals surface area contributed by atoms with Crippen LogP contribution in [0.2, 0.25) is 18.1 Å². The van der Waals surface area contributed by atoms with Crippen LogP contribution in [0.25, 0.3) is 0 Å². The van der Waals surface area contributed by atoms with Gasteiger partial charge in [0.25, 0.3) is 5.56 Å². The van der Waals surface area contributed by atoms with E-state index < -0.39 is 56.1 Å². The van der Waals surface area contributed by atoms with Crippen molar-refractivity contribution in [3.8, 4) is 12.3 Å². The molecule has 0 aliphatic carbocycles. The summed E-state index contributed by atoms with van der Waals surface area (Å²) in [4.78, 5) is 25.0. The molecule has 0 bridgehead atoms. The Labute approximate surface area is 156 Å². The van der Waals surface area contributed by atoms with Crippen LogP contribution in [0, 0.1) is 18.2 Å². The Bertz CT molecular complexity index is 870. The van der Waals surface area contributed by atoms with Crippen molar-refractivity contribution < 1.29 is 23.1 Å². The second kappa shape index (κ2) is 6.98. The minimum atomic E-state index is -2.54. The molecule has 0 unspecified atom stereocenters. The van der Waals surface area contributed by atoms with E-state index in [0.717, 1.165) is 0 Å². The minimum absolute atomic E-state index is 0.290. The average Bonchev–Trinajstić information content (AvgIpc) is 2.83. The molecule has 1 aromatic heterocycles. The summed E-state index contributed by atoms with van der Waals surface area (Å²) in [6, 6.07) is 0. The van der Waals surface area contributed by atoms with Gasteiger partial charge in [0.2, 0.25) is 5.82 Å². The number of rotatable bonds is 4. The van der Waals surface area contributed by atoms with E-state index in [1.807, 2.05) is 33.9 Å². The molecule has 0 saturated carbocycles. The number of halogens is 2. The van der Waals surface area contributed by atoms with Crippen LogP contribution in [-0.2, 0) is 9.16 Å². The van der Waals surface area contributed by atoms with Crippen molar-refractivity contribution in [2.75, 3.05) is 6.61 Å².